The van der Waals surface area contributed by atoms with Gasteiger partial charge in [0.05, 0.1) is 4.92 Å². The van der Waals surface area contributed by atoms with E-state index in [0.29, 0.717) is 0 Å². The normalized spacial score (nSPS) is 16.9. The van der Waals surface area contributed by atoms with Gasteiger partial charge in [0.15, 0.2) is 0 Å². The van der Waals surface area contributed by atoms with Crippen molar-refractivity contribution in [2.45, 2.75) is 25.3 Å². The third kappa shape index (κ3) is 3.15. The molecule has 0 aromatic carbocycles. The fraction of sp³-hybridized carbons (Fsp3) is 0.556. The second-order valence-electron chi connectivity index (χ2n) is 3.72. The van der Waals surface area contributed by atoms with Crippen LogP contribution in [0.25, 0.3) is 0 Å². The number of nitro groups is 1. The Balaban J connectivity index is 0.00000112. The maximum absolute atomic E-state index is 10.4. The average Bonchev–Trinajstić information content (AvgIpc) is 2.81. The minimum Gasteiger partial charge on any atom is -0.323 e. The summed E-state index contributed by atoms with van der Waals surface area (Å²) in [4.78, 5) is 11.0. The van der Waals surface area contributed by atoms with Crippen LogP contribution in [0.3, 0.4) is 0 Å². The van der Waals surface area contributed by atoms with Crippen molar-refractivity contribution in [3.05, 3.63) is 27.1 Å². The zero-order valence-electron chi connectivity index (χ0n) is 8.09. The van der Waals surface area contributed by atoms with Gasteiger partial charge in [-0.15, -0.1) is 12.4 Å². The topological polar surface area (TPSA) is 69.2 Å². The van der Waals surface area contributed by atoms with Crippen molar-refractivity contribution in [1.82, 2.24) is 0 Å². The van der Waals surface area contributed by atoms with Crippen LogP contribution in [0, 0.1) is 16.0 Å². The van der Waals surface area contributed by atoms with Gasteiger partial charge in [0, 0.05) is 17.0 Å². The Kier molecular flexibility index (Phi) is 4.07. The summed E-state index contributed by atoms with van der Waals surface area (Å²) in [6.07, 6.45) is 3.50. The van der Waals surface area contributed by atoms with Crippen LogP contribution in [0.2, 0.25) is 0 Å². The lowest BCUT2D eigenvalue weighted by atomic mass is 10.1. The molecule has 1 fully saturated rings. The lowest BCUT2D eigenvalue weighted by Crippen LogP contribution is -2.08. The van der Waals surface area contributed by atoms with Gasteiger partial charge in [-0.3, -0.25) is 10.1 Å². The van der Waals surface area contributed by atoms with Crippen molar-refractivity contribution < 1.29 is 4.92 Å². The third-order valence-electron chi connectivity index (χ3n) is 2.44. The van der Waals surface area contributed by atoms with E-state index in [4.69, 9.17) is 5.73 Å². The molecule has 2 N–H and O–H groups in total. The molecular formula is C9H13ClN2O2S. The Morgan fingerprint density at radius 3 is 2.73 bits per heavy atom. The maximum atomic E-state index is 10.4. The van der Waals surface area contributed by atoms with Gasteiger partial charge in [0.25, 0.3) is 0 Å². The van der Waals surface area contributed by atoms with E-state index in [1.807, 2.05) is 0 Å². The number of nitrogens with zero attached hydrogens (tertiary/aromatic N) is 1. The van der Waals surface area contributed by atoms with Gasteiger partial charge in [-0.05, 0) is 18.4 Å². The predicted octanol–water partition coefficient (Wildman–Crippen LogP) is 2.88. The molecule has 1 atom stereocenters. The van der Waals surface area contributed by atoms with E-state index in [1.54, 1.807) is 6.07 Å². The van der Waals surface area contributed by atoms with Crippen molar-refractivity contribution in [3.63, 3.8) is 0 Å². The first-order valence-electron chi connectivity index (χ1n) is 4.66. The van der Waals surface area contributed by atoms with Crippen molar-refractivity contribution in [2.24, 2.45) is 11.7 Å². The maximum Gasteiger partial charge on any atom is 0.324 e. The smallest absolute Gasteiger partial charge is 0.323 e. The van der Waals surface area contributed by atoms with E-state index >= 15 is 0 Å². The summed E-state index contributed by atoms with van der Waals surface area (Å²) in [6.45, 7) is 0. The molecule has 1 aromatic heterocycles. The van der Waals surface area contributed by atoms with E-state index in [-0.39, 0.29) is 28.4 Å². The Bertz CT molecular complexity index is 352. The highest BCUT2D eigenvalue weighted by Crippen LogP contribution is 2.39. The minimum atomic E-state index is -0.363. The summed E-state index contributed by atoms with van der Waals surface area (Å²) in [6, 6.07) is 3.30. The van der Waals surface area contributed by atoms with Crippen LogP contribution in [0.1, 0.15) is 30.2 Å². The van der Waals surface area contributed by atoms with Gasteiger partial charge in [-0.2, -0.15) is 0 Å². The Morgan fingerprint density at radius 2 is 2.27 bits per heavy atom. The van der Waals surface area contributed by atoms with Crippen molar-refractivity contribution >= 4 is 28.7 Å². The van der Waals surface area contributed by atoms with Crippen molar-refractivity contribution in [1.29, 1.82) is 0 Å². The number of halogens is 1. The Morgan fingerprint density at radius 1 is 1.60 bits per heavy atom. The predicted molar refractivity (Wildman–Crippen MR) is 62.5 cm³/mol. The molecule has 4 nitrogen and oxygen atoms in total. The van der Waals surface area contributed by atoms with Crippen LogP contribution < -0.4 is 5.73 Å². The molecule has 1 heterocycles. The molecule has 0 amide bonds. The second-order valence-corrected chi connectivity index (χ2v) is 4.81. The minimum absolute atomic E-state index is 0. The number of hydrogen-bond donors (Lipinski definition) is 1. The fourth-order valence-electron chi connectivity index (χ4n) is 1.47. The number of rotatable bonds is 4. The summed E-state index contributed by atoms with van der Waals surface area (Å²) < 4.78 is 0. The van der Waals surface area contributed by atoms with Crippen LogP contribution in [0.4, 0.5) is 5.00 Å². The van der Waals surface area contributed by atoms with Crippen LogP contribution in [0.5, 0.6) is 0 Å². The summed E-state index contributed by atoms with van der Waals surface area (Å²) in [7, 11) is 0. The molecular weight excluding hydrogens is 236 g/mol. The zero-order valence-corrected chi connectivity index (χ0v) is 9.72. The van der Waals surface area contributed by atoms with E-state index in [1.165, 1.54) is 30.2 Å². The van der Waals surface area contributed by atoms with Gasteiger partial charge in [0.1, 0.15) is 0 Å². The molecule has 84 valence electrons. The molecule has 0 aliphatic heterocycles. The summed E-state index contributed by atoms with van der Waals surface area (Å²) in [5.41, 5.74) is 5.94. The molecule has 1 aliphatic carbocycles. The largest absolute Gasteiger partial charge is 0.324 e. The quantitative estimate of drug-likeness (QED) is 0.658. The zero-order chi connectivity index (χ0) is 10.1. The standard InChI is InChI=1S/C9H12N2O2S.ClH/c10-7(5-6-1-2-6)8-3-4-9(14-8)11(12)13;/h3-4,6-7H,1-2,5,10H2;1H/t7-;/m1./s1. The van der Waals surface area contributed by atoms with Crippen LogP contribution >= 0.6 is 23.7 Å². The molecule has 6 heteroatoms. The summed E-state index contributed by atoms with van der Waals surface area (Å²) >= 11 is 1.19. The summed E-state index contributed by atoms with van der Waals surface area (Å²) in [5, 5.41) is 10.6. The molecule has 1 aromatic rings. The number of thiophene rings is 1. The Labute approximate surface area is 98.0 Å². The van der Waals surface area contributed by atoms with Gasteiger partial charge in [-0.25, -0.2) is 0 Å². The average molecular weight is 249 g/mol. The number of nitrogens with two attached hydrogens (primary N) is 1. The molecule has 0 unspecified atom stereocenters. The molecule has 15 heavy (non-hydrogen) atoms. The first-order valence-corrected chi connectivity index (χ1v) is 5.48. The number of hydrogen-bond acceptors (Lipinski definition) is 4. The Hall–Kier alpha value is -0.650. The van der Waals surface area contributed by atoms with Crippen molar-refractivity contribution in [3.8, 4) is 0 Å². The summed E-state index contributed by atoms with van der Waals surface area (Å²) in [5.74, 6) is 0.756. The SMILES string of the molecule is Cl.N[C@H](CC1CC1)c1ccc([N+](=O)[O-])s1. The van der Waals surface area contributed by atoms with E-state index in [2.05, 4.69) is 0 Å². The monoisotopic (exact) mass is 248 g/mol. The highest BCUT2D eigenvalue weighted by Gasteiger charge is 2.25. The third-order valence-corrected chi connectivity index (χ3v) is 3.61. The van der Waals surface area contributed by atoms with Gasteiger partial charge >= 0.3 is 5.00 Å². The van der Waals surface area contributed by atoms with Crippen LogP contribution in [0.15, 0.2) is 12.1 Å². The second kappa shape index (κ2) is 4.92. The molecule has 0 spiro atoms. The highest BCUT2D eigenvalue weighted by molar-refractivity contribution is 7.15. The molecule has 0 saturated heterocycles. The lowest BCUT2D eigenvalue weighted by molar-refractivity contribution is -0.380. The van der Waals surface area contributed by atoms with Gasteiger partial charge in [0.2, 0.25) is 0 Å². The lowest BCUT2D eigenvalue weighted by Gasteiger charge is -2.06. The van der Waals surface area contributed by atoms with Crippen LogP contribution in [-0.2, 0) is 0 Å². The molecule has 1 saturated carbocycles. The molecule has 2 rings (SSSR count). The molecule has 1 aliphatic rings. The first kappa shape index (κ1) is 12.4. The van der Waals surface area contributed by atoms with E-state index in [9.17, 15) is 10.1 Å². The molecule has 0 radical (unpaired) electrons. The van der Waals surface area contributed by atoms with E-state index < -0.39 is 0 Å². The van der Waals surface area contributed by atoms with Gasteiger partial charge < -0.3 is 5.73 Å². The van der Waals surface area contributed by atoms with E-state index in [0.717, 1.165) is 17.2 Å². The van der Waals surface area contributed by atoms with Crippen molar-refractivity contribution in [2.75, 3.05) is 0 Å². The molecule has 0 bridgehead atoms. The van der Waals surface area contributed by atoms with Gasteiger partial charge in [-0.1, -0.05) is 24.2 Å². The highest BCUT2D eigenvalue weighted by atomic mass is 35.5. The fourth-order valence-corrected chi connectivity index (χ4v) is 2.30. The van der Waals surface area contributed by atoms with Crippen LogP contribution in [-0.4, -0.2) is 4.92 Å². The first-order chi connectivity index (χ1) is 6.66.